The van der Waals surface area contributed by atoms with Gasteiger partial charge < -0.3 is 11.1 Å². The van der Waals surface area contributed by atoms with Crippen LogP contribution in [-0.2, 0) is 16.1 Å². The average Bonchev–Trinajstić information content (AvgIpc) is 2.97. The Balaban J connectivity index is 2.00. The highest BCUT2D eigenvalue weighted by molar-refractivity contribution is 7.16. The Labute approximate surface area is 124 Å². The minimum absolute atomic E-state index is 0.0219. The summed E-state index contributed by atoms with van der Waals surface area (Å²) in [5.41, 5.74) is 5.58. The molecule has 6 nitrogen and oxygen atoms in total. The summed E-state index contributed by atoms with van der Waals surface area (Å²) in [6.45, 7) is 1.78. The molecule has 0 fully saturated rings. The van der Waals surface area contributed by atoms with Gasteiger partial charge in [-0.15, -0.1) is 11.3 Å². The van der Waals surface area contributed by atoms with E-state index in [1.807, 2.05) is 6.07 Å². The van der Waals surface area contributed by atoms with E-state index >= 15 is 0 Å². The van der Waals surface area contributed by atoms with Gasteiger partial charge in [-0.1, -0.05) is 11.6 Å². The van der Waals surface area contributed by atoms with Gasteiger partial charge in [-0.2, -0.15) is 5.10 Å². The van der Waals surface area contributed by atoms with Crippen LogP contribution >= 0.6 is 22.9 Å². The van der Waals surface area contributed by atoms with Crippen molar-refractivity contribution in [2.75, 3.05) is 5.32 Å². The third kappa shape index (κ3) is 3.58. The molecule has 106 valence electrons. The van der Waals surface area contributed by atoms with Crippen LogP contribution < -0.4 is 11.1 Å². The fraction of sp³-hybridized carbons (Fsp3) is 0.250. The number of rotatable bonds is 5. The number of hydrogen-bond acceptors (Lipinski definition) is 4. The summed E-state index contributed by atoms with van der Waals surface area (Å²) in [7, 11) is 0. The van der Waals surface area contributed by atoms with Crippen molar-refractivity contribution in [2.45, 2.75) is 19.4 Å². The third-order valence-corrected chi connectivity index (χ3v) is 4.05. The molecule has 0 aromatic carbocycles. The minimum atomic E-state index is -0.493. The lowest BCUT2D eigenvalue weighted by atomic mass is 10.1. The van der Waals surface area contributed by atoms with Crippen LogP contribution in [0.3, 0.4) is 0 Å². The van der Waals surface area contributed by atoms with Crippen molar-refractivity contribution in [2.24, 2.45) is 5.73 Å². The number of nitrogens with zero attached hydrogens (tertiary/aromatic N) is 2. The quantitative estimate of drug-likeness (QED) is 0.882. The van der Waals surface area contributed by atoms with Gasteiger partial charge in [0, 0.05) is 11.1 Å². The van der Waals surface area contributed by atoms with E-state index in [0.29, 0.717) is 10.0 Å². The molecule has 2 aromatic heterocycles. The molecule has 1 atom stereocenters. The van der Waals surface area contributed by atoms with Gasteiger partial charge in [0.1, 0.15) is 6.54 Å². The highest BCUT2D eigenvalue weighted by Gasteiger charge is 2.17. The zero-order chi connectivity index (χ0) is 14.7. The second-order valence-corrected chi connectivity index (χ2v) is 5.99. The number of halogens is 1. The molecule has 0 aliphatic heterocycles. The Bertz CT molecular complexity index is 637. The monoisotopic (exact) mass is 312 g/mol. The van der Waals surface area contributed by atoms with Crippen molar-refractivity contribution >= 4 is 40.4 Å². The van der Waals surface area contributed by atoms with Gasteiger partial charge >= 0.3 is 0 Å². The molecule has 2 heterocycles. The van der Waals surface area contributed by atoms with Crippen molar-refractivity contribution in [1.29, 1.82) is 0 Å². The SMILES string of the molecule is C[C@H](C(=O)Nc1cnn(CC(N)=O)c1)c1ccc(Cl)s1. The molecule has 0 aliphatic carbocycles. The third-order valence-electron chi connectivity index (χ3n) is 2.63. The number of hydrogen-bond donors (Lipinski definition) is 2. The number of thiophene rings is 1. The summed E-state index contributed by atoms with van der Waals surface area (Å²) < 4.78 is 2.01. The van der Waals surface area contributed by atoms with Crippen molar-refractivity contribution in [3.63, 3.8) is 0 Å². The highest BCUT2D eigenvalue weighted by Crippen LogP contribution is 2.28. The first-order valence-electron chi connectivity index (χ1n) is 5.82. The largest absolute Gasteiger partial charge is 0.368 e. The van der Waals surface area contributed by atoms with Crippen LogP contribution in [-0.4, -0.2) is 21.6 Å². The molecule has 8 heteroatoms. The number of amides is 2. The summed E-state index contributed by atoms with van der Waals surface area (Å²) in [4.78, 5) is 23.7. The standard InChI is InChI=1S/C12H13ClN4O2S/c1-7(9-2-3-10(13)20-9)12(19)16-8-4-15-17(5-8)6-11(14)18/h2-5,7H,6H2,1H3,(H2,14,18)(H,16,19)/t7-/m0/s1. The summed E-state index contributed by atoms with van der Waals surface area (Å²) in [5, 5.41) is 6.66. The Morgan fingerprint density at radius 2 is 2.30 bits per heavy atom. The van der Waals surface area contributed by atoms with E-state index in [1.54, 1.807) is 19.2 Å². The van der Waals surface area contributed by atoms with Gasteiger partial charge in [0.15, 0.2) is 0 Å². The smallest absolute Gasteiger partial charge is 0.239 e. The number of aromatic nitrogens is 2. The number of primary amides is 1. The van der Waals surface area contributed by atoms with E-state index in [4.69, 9.17) is 17.3 Å². The molecule has 2 aromatic rings. The highest BCUT2D eigenvalue weighted by atomic mass is 35.5. The molecule has 3 N–H and O–H groups in total. The van der Waals surface area contributed by atoms with Crippen molar-refractivity contribution in [3.05, 3.63) is 33.7 Å². The number of nitrogens with one attached hydrogen (secondary N) is 1. The maximum absolute atomic E-state index is 12.1. The van der Waals surface area contributed by atoms with Gasteiger partial charge in [0.25, 0.3) is 0 Å². The number of nitrogens with two attached hydrogens (primary N) is 1. The molecule has 0 bridgehead atoms. The van der Waals surface area contributed by atoms with Crippen LogP contribution in [0.4, 0.5) is 5.69 Å². The first kappa shape index (κ1) is 14.5. The maximum Gasteiger partial charge on any atom is 0.239 e. The number of carbonyl (C=O) groups excluding carboxylic acids is 2. The van der Waals surface area contributed by atoms with Crippen LogP contribution in [0.2, 0.25) is 4.34 Å². The van der Waals surface area contributed by atoms with Crippen LogP contribution in [0.25, 0.3) is 0 Å². The molecule has 0 radical (unpaired) electrons. The summed E-state index contributed by atoms with van der Waals surface area (Å²) in [6.07, 6.45) is 3.02. The summed E-state index contributed by atoms with van der Waals surface area (Å²) in [6, 6.07) is 3.59. The number of anilines is 1. The fourth-order valence-corrected chi connectivity index (χ4v) is 2.73. The Morgan fingerprint density at radius 3 is 2.90 bits per heavy atom. The Morgan fingerprint density at radius 1 is 1.55 bits per heavy atom. The zero-order valence-corrected chi connectivity index (χ0v) is 12.2. The molecular weight excluding hydrogens is 300 g/mol. The van der Waals surface area contributed by atoms with Gasteiger partial charge in [0.2, 0.25) is 11.8 Å². The average molecular weight is 313 g/mol. The first-order valence-corrected chi connectivity index (χ1v) is 7.02. The molecule has 0 saturated heterocycles. The van der Waals surface area contributed by atoms with E-state index < -0.39 is 5.91 Å². The van der Waals surface area contributed by atoms with E-state index in [-0.39, 0.29) is 18.4 Å². The Hall–Kier alpha value is -1.86. The molecule has 0 spiro atoms. The van der Waals surface area contributed by atoms with Gasteiger partial charge in [-0.05, 0) is 19.1 Å². The van der Waals surface area contributed by atoms with Crippen molar-refractivity contribution in [3.8, 4) is 0 Å². The maximum atomic E-state index is 12.1. The number of carbonyl (C=O) groups is 2. The normalized spacial score (nSPS) is 12.1. The van der Waals surface area contributed by atoms with E-state index in [9.17, 15) is 9.59 Å². The lowest BCUT2D eigenvalue weighted by Crippen LogP contribution is -2.19. The second kappa shape index (κ2) is 6.06. The molecule has 0 saturated carbocycles. The second-order valence-electron chi connectivity index (χ2n) is 4.25. The molecule has 0 unspecified atom stereocenters. The van der Waals surface area contributed by atoms with E-state index in [1.165, 1.54) is 22.2 Å². The predicted octanol–water partition coefficient (Wildman–Crippen LogP) is 1.83. The zero-order valence-electron chi connectivity index (χ0n) is 10.7. The van der Waals surface area contributed by atoms with E-state index in [0.717, 1.165) is 4.88 Å². The fourth-order valence-electron chi connectivity index (χ4n) is 1.61. The van der Waals surface area contributed by atoms with Crippen LogP contribution in [0.15, 0.2) is 24.5 Å². The molecule has 2 rings (SSSR count). The van der Waals surface area contributed by atoms with Crippen LogP contribution in [0, 0.1) is 0 Å². The van der Waals surface area contributed by atoms with Gasteiger partial charge in [-0.3, -0.25) is 14.3 Å². The predicted molar refractivity (Wildman–Crippen MR) is 77.8 cm³/mol. The molecule has 2 amide bonds. The summed E-state index contributed by atoms with van der Waals surface area (Å²) in [5.74, 6) is -0.971. The molecule has 20 heavy (non-hydrogen) atoms. The van der Waals surface area contributed by atoms with Crippen LogP contribution in [0.1, 0.15) is 17.7 Å². The van der Waals surface area contributed by atoms with Gasteiger partial charge in [-0.25, -0.2) is 0 Å². The van der Waals surface area contributed by atoms with E-state index in [2.05, 4.69) is 10.4 Å². The minimum Gasteiger partial charge on any atom is -0.368 e. The van der Waals surface area contributed by atoms with Crippen LogP contribution in [0.5, 0.6) is 0 Å². The van der Waals surface area contributed by atoms with Crippen molar-refractivity contribution < 1.29 is 9.59 Å². The first-order chi connectivity index (χ1) is 9.45. The topological polar surface area (TPSA) is 90.0 Å². The summed E-state index contributed by atoms with van der Waals surface area (Å²) >= 11 is 7.22. The Kier molecular flexibility index (Phi) is 4.41. The van der Waals surface area contributed by atoms with Crippen molar-refractivity contribution in [1.82, 2.24) is 9.78 Å². The molecule has 0 aliphatic rings. The van der Waals surface area contributed by atoms with Gasteiger partial charge in [0.05, 0.1) is 22.1 Å². The lowest BCUT2D eigenvalue weighted by Gasteiger charge is -2.08. The lowest BCUT2D eigenvalue weighted by molar-refractivity contribution is -0.119. The molecular formula is C12H13ClN4O2S.